The SMILES string of the molecule is CC(O)C(C(=O)OCc1ccc([N+](=O)[O-])cc1)N1C(=O)C(N2C(=O)c3ccc([N+](=O)[O-])cc3C2=O)C1COS(C)(=O)=O. The number of ether oxygens (including phenoxy) is 1. The number of likely N-dealkylation sites (tertiary alicyclic amines) is 1. The fraction of sp³-hybridized carbons (Fsp3) is 0.333. The molecule has 0 saturated carbocycles. The largest absolute Gasteiger partial charge is 0.459 e. The lowest BCUT2D eigenvalue weighted by atomic mass is 9.90. The Morgan fingerprint density at radius 2 is 1.57 bits per heavy atom. The van der Waals surface area contributed by atoms with Crippen molar-refractivity contribution in [2.24, 2.45) is 0 Å². The van der Waals surface area contributed by atoms with Crippen LogP contribution < -0.4 is 0 Å². The zero-order valence-corrected chi connectivity index (χ0v) is 22.6. The molecule has 4 rings (SSSR count). The van der Waals surface area contributed by atoms with Gasteiger partial charge in [-0.3, -0.25) is 43.7 Å². The highest BCUT2D eigenvalue weighted by atomic mass is 32.2. The van der Waals surface area contributed by atoms with Crippen LogP contribution >= 0.6 is 0 Å². The second-order valence-corrected chi connectivity index (χ2v) is 11.1. The van der Waals surface area contributed by atoms with E-state index >= 15 is 0 Å². The van der Waals surface area contributed by atoms with Crippen LogP contribution in [0.1, 0.15) is 33.2 Å². The van der Waals surface area contributed by atoms with Gasteiger partial charge in [0.1, 0.15) is 12.6 Å². The number of aliphatic hydroxyl groups excluding tert-OH is 1. The molecular formula is C24H22N4O13S. The first-order chi connectivity index (χ1) is 19.6. The summed E-state index contributed by atoms with van der Waals surface area (Å²) in [5.41, 5.74) is -0.934. The molecule has 2 aromatic rings. The van der Waals surface area contributed by atoms with Crippen LogP contribution in [0.3, 0.4) is 0 Å². The van der Waals surface area contributed by atoms with Crippen LogP contribution in [0.2, 0.25) is 0 Å². The molecular weight excluding hydrogens is 584 g/mol. The van der Waals surface area contributed by atoms with Crippen molar-refractivity contribution in [3.63, 3.8) is 0 Å². The van der Waals surface area contributed by atoms with Gasteiger partial charge in [-0.25, -0.2) is 4.79 Å². The van der Waals surface area contributed by atoms with Crippen LogP contribution in [0.25, 0.3) is 0 Å². The number of imide groups is 1. The lowest BCUT2D eigenvalue weighted by Crippen LogP contribution is -2.77. The molecule has 18 heteroatoms. The number of nitrogens with zero attached hydrogens (tertiary/aromatic N) is 4. The summed E-state index contributed by atoms with van der Waals surface area (Å²) >= 11 is 0. The van der Waals surface area contributed by atoms with Gasteiger partial charge >= 0.3 is 5.97 Å². The van der Waals surface area contributed by atoms with Crippen molar-refractivity contribution in [3.05, 3.63) is 79.4 Å². The molecule has 0 aliphatic carbocycles. The van der Waals surface area contributed by atoms with E-state index < -0.39 is 86.8 Å². The van der Waals surface area contributed by atoms with E-state index in [4.69, 9.17) is 8.92 Å². The van der Waals surface area contributed by atoms with Gasteiger partial charge in [-0.05, 0) is 30.7 Å². The van der Waals surface area contributed by atoms with E-state index in [-0.39, 0.29) is 16.8 Å². The van der Waals surface area contributed by atoms with E-state index in [2.05, 4.69) is 0 Å². The molecule has 0 bridgehead atoms. The van der Waals surface area contributed by atoms with Gasteiger partial charge in [0.05, 0.1) is 46.0 Å². The van der Waals surface area contributed by atoms with Gasteiger partial charge < -0.3 is 14.7 Å². The molecule has 42 heavy (non-hydrogen) atoms. The Morgan fingerprint density at radius 1 is 1.00 bits per heavy atom. The van der Waals surface area contributed by atoms with Crippen LogP contribution in [-0.2, 0) is 35.2 Å². The number of aliphatic hydroxyl groups is 1. The topological polar surface area (TPSA) is 234 Å². The van der Waals surface area contributed by atoms with Gasteiger partial charge in [-0.2, -0.15) is 8.42 Å². The normalized spacial score (nSPS) is 19.6. The number of amides is 3. The van der Waals surface area contributed by atoms with Crippen molar-refractivity contribution in [1.82, 2.24) is 9.80 Å². The van der Waals surface area contributed by atoms with Gasteiger partial charge in [0, 0.05) is 24.3 Å². The van der Waals surface area contributed by atoms with Crippen molar-refractivity contribution >= 4 is 45.2 Å². The summed E-state index contributed by atoms with van der Waals surface area (Å²) in [5, 5.41) is 32.4. The number of nitro groups is 2. The molecule has 2 aromatic carbocycles. The zero-order valence-electron chi connectivity index (χ0n) is 21.8. The van der Waals surface area contributed by atoms with E-state index in [0.29, 0.717) is 16.7 Å². The molecule has 222 valence electrons. The molecule has 1 N–H and O–H groups in total. The number of carbonyl (C=O) groups excluding carboxylic acids is 4. The molecule has 4 unspecified atom stereocenters. The van der Waals surface area contributed by atoms with Crippen molar-refractivity contribution in [2.75, 3.05) is 12.9 Å². The van der Waals surface area contributed by atoms with Crippen molar-refractivity contribution in [1.29, 1.82) is 0 Å². The Hall–Kier alpha value is -4.81. The predicted molar refractivity (Wildman–Crippen MR) is 137 cm³/mol. The Labute approximate surface area is 236 Å². The van der Waals surface area contributed by atoms with Crippen LogP contribution in [0.4, 0.5) is 11.4 Å². The third-order valence-corrected chi connectivity index (χ3v) is 7.16. The van der Waals surface area contributed by atoms with E-state index in [1.807, 2.05) is 0 Å². The van der Waals surface area contributed by atoms with E-state index in [1.165, 1.54) is 24.3 Å². The molecule has 4 atom stereocenters. The molecule has 0 spiro atoms. The summed E-state index contributed by atoms with van der Waals surface area (Å²) in [4.78, 5) is 74.5. The lowest BCUT2D eigenvalue weighted by Gasteiger charge is -2.52. The van der Waals surface area contributed by atoms with Crippen molar-refractivity contribution in [2.45, 2.75) is 37.8 Å². The lowest BCUT2D eigenvalue weighted by molar-refractivity contribution is -0.385. The molecule has 2 aliphatic heterocycles. The number of esters is 1. The summed E-state index contributed by atoms with van der Waals surface area (Å²) in [6.07, 6.45) is -0.886. The van der Waals surface area contributed by atoms with Crippen LogP contribution in [0.5, 0.6) is 0 Å². The average molecular weight is 607 g/mol. The van der Waals surface area contributed by atoms with Gasteiger partial charge in [-0.15, -0.1) is 0 Å². The monoisotopic (exact) mass is 606 g/mol. The number of hydrogen-bond acceptors (Lipinski definition) is 13. The standard InChI is InChI=1S/C24H22N4O13S/c1-12(29)19(24(33)40-10-13-3-5-14(6-4-13)27(34)35)25-18(11-41-42(2,38)39)20(23(25)32)26-21(30)16-8-7-15(28(36)37)9-17(16)22(26)31/h3-9,12,18-20,29H,10-11H2,1-2H3. The second kappa shape index (κ2) is 11.2. The summed E-state index contributed by atoms with van der Waals surface area (Å²) in [6, 6.07) is 3.04. The first kappa shape index (κ1) is 30.2. The first-order valence-electron chi connectivity index (χ1n) is 12.0. The maximum atomic E-state index is 13.4. The third-order valence-electron chi connectivity index (χ3n) is 6.60. The Morgan fingerprint density at radius 3 is 2.12 bits per heavy atom. The summed E-state index contributed by atoms with van der Waals surface area (Å²) in [7, 11) is -4.13. The number of benzene rings is 2. The summed E-state index contributed by atoms with van der Waals surface area (Å²) < 4.78 is 33.5. The second-order valence-electron chi connectivity index (χ2n) is 9.43. The predicted octanol–water partition coefficient (Wildman–Crippen LogP) is 0.147. The van der Waals surface area contributed by atoms with Gasteiger partial charge in [-0.1, -0.05) is 0 Å². The molecule has 17 nitrogen and oxygen atoms in total. The number of carbonyl (C=O) groups is 4. The number of hydrogen-bond donors (Lipinski definition) is 1. The van der Waals surface area contributed by atoms with Crippen LogP contribution in [0, 0.1) is 20.2 Å². The minimum Gasteiger partial charge on any atom is -0.459 e. The third kappa shape index (κ3) is 5.67. The van der Waals surface area contributed by atoms with E-state index in [1.54, 1.807) is 0 Å². The minimum absolute atomic E-state index is 0.208. The average Bonchev–Trinajstić information content (AvgIpc) is 3.16. The van der Waals surface area contributed by atoms with E-state index in [0.717, 1.165) is 30.0 Å². The molecule has 0 aromatic heterocycles. The highest BCUT2D eigenvalue weighted by molar-refractivity contribution is 7.85. The fourth-order valence-electron chi connectivity index (χ4n) is 4.65. The molecule has 1 fully saturated rings. The van der Waals surface area contributed by atoms with Crippen molar-refractivity contribution in [3.8, 4) is 0 Å². The van der Waals surface area contributed by atoms with Crippen LogP contribution in [0.15, 0.2) is 42.5 Å². The minimum atomic E-state index is -4.13. The smallest absolute Gasteiger partial charge is 0.331 e. The molecule has 3 amide bonds. The van der Waals surface area contributed by atoms with Crippen LogP contribution in [-0.4, -0.2) is 94.0 Å². The number of non-ortho nitro benzene ring substituents is 2. The molecule has 1 saturated heterocycles. The highest BCUT2D eigenvalue weighted by Gasteiger charge is 2.60. The van der Waals surface area contributed by atoms with E-state index in [9.17, 15) is 52.9 Å². The fourth-order valence-corrected chi connectivity index (χ4v) is 5.04. The Bertz CT molecular complexity index is 1610. The quantitative estimate of drug-likeness (QED) is 0.0896. The number of β-lactam (4-membered cyclic amide) rings is 1. The first-order valence-corrected chi connectivity index (χ1v) is 13.8. The molecule has 2 heterocycles. The van der Waals surface area contributed by atoms with Gasteiger partial charge in [0.15, 0.2) is 6.04 Å². The van der Waals surface area contributed by atoms with Gasteiger partial charge in [0.2, 0.25) is 5.91 Å². The number of nitro benzene ring substituents is 2. The zero-order chi connectivity index (χ0) is 31.1. The summed E-state index contributed by atoms with van der Waals surface area (Å²) in [6.45, 7) is -0.0805. The molecule has 0 radical (unpaired) electrons. The maximum absolute atomic E-state index is 13.4. The maximum Gasteiger partial charge on any atom is 0.331 e. The Kier molecular flexibility index (Phi) is 8.06. The Balaban J connectivity index is 1.60. The number of rotatable bonds is 11. The molecule has 2 aliphatic rings. The highest BCUT2D eigenvalue weighted by Crippen LogP contribution is 2.36. The number of fused-ring (bicyclic) bond motifs is 1. The van der Waals surface area contributed by atoms with Gasteiger partial charge in [0.25, 0.3) is 33.3 Å². The summed E-state index contributed by atoms with van der Waals surface area (Å²) in [5.74, 6) is -4.21. The van der Waals surface area contributed by atoms with Crippen molar-refractivity contribution < 1.29 is 51.5 Å².